The molecule has 3 aromatic rings. The van der Waals surface area contributed by atoms with Crippen LogP contribution in [0.5, 0.6) is 0 Å². The first-order valence-corrected chi connectivity index (χ1v) is 9.42. The number of anilines is 1. The number of nitrogens with zero attached hydrogens (tertiary/aromatic N) is 6. The normalized spacial score (nSPS) is 16.2. The number of aryl methyl sites for hydroxylation is 3. The Morgan fingerprint density at radius 2 is 2.00 bits per heavy atom. The summed E-state index contributed by atoms with van der Waals surface area (Å²) in [5.41, 5.74) is 1.72. The van der Waals surface area contributed by atoms with E-state index in [2.05, 4.69) is 30.3 Å². The zero-order valence-electron chi connectivity index (χ0n) is 16.4. The maximum atomic E-state index is 5.92. The summed E-state index contributed by atoms with van der Waals surface area (Å²) >= 11 is 0. The summed E-state index contributed by atoms with van der Waals surface area (Å²) in [6.45, 7) is 7.75. The monoisotopic (exact) mass is 383 g/mol. The maximum Gasteiger partial charge on any atom is 0.223 e. The van der Waals surface area contributed by atoms with Crippen molar-refractivity contribution in [1.82, 2.24) is 29.6 Å². The van der Waals surface area contributed by atoms with Gasteiger partial charge >= 0.3 is 0 Å². The van der Waals surface area contributed by atoms with Gasteiger partial charge in [-0.3, -0.25) is 4.90 Å². The van der Waals surface area contributed by atoms with Gasteiger partial charge in [0.25, 0.3) is 0 Å². The molecule has 28 heavy (non-hydrogen) atoms. The summed E-state index contributed by atoms with van der Waals surface area (Å²) in [6.07, 6.45) is 3.33. The molecule has 9 heteroatoms. The highest BCUT2D eigenvalue weighted by Gasteiger charge is 2.25. The van der Waals surface area contributed by atoms with Crippen LogP contribution in [0.25, 0.3) is 11.5 Å². The van der Waals surface area contributed by atoms with Gasteiger partial charge in [-0.25, -0.2) is 19.6 Å². The number of aromatic nitrogens is 5. The second kappa shape index (κ2) is 8.07. The van der Waals surface area contributed by atoms with Crippen molar-refractivity contribution >= 4 is 5.95 Å². The molecule has 0 saturated carbocycles. The van der Waals surface area contributed by atoms with E-state index in [0.29, 0.717) is 18.3 Å². The van der Waals surface area contributed by atoms with Gasteiger partial charge in [0.1, 0.15) is 23.5 Å². The van der Waals surface area contributed by atoms with Crippen molar-refractivity contribution in [3.63, 3.8) is 0 Å². The quantitative estimate of drug-likeness (QED) is 0.690. The van der Waals surface area contributed by atoms with Crippen molar-refractivity contribution in [2.75, 3.05) is 38.2 Å². The molecule has 1 N–H and O–H groups in total. The molecule has 0 radical (unpaired) electrons. The summed E-state index contributed by atoms with van der Waals surface area (Å²) in [4.78, 5) is 15.8. The molecule has 1 aliphatic rings. The van der Waals surface area contributed by atoms with Crippen LogP contribution in [0, 0.1) is 13.8 Å². The maximum absolute atomic E-state index is 5.92. The van der Waals surface area contributed by atoms with Gasteiger partial charge in [-0.15, -0.1) is 0 Å². The van der Waals surface area contributed by atoms with E-state index in [4.69, 9.17) is 9.15 Å². The lowest BCUT2D eigenvalue weighted by molar-refractivity contribution is 0.0143. The van der Waals surface area contributed by atoms with Crippen LogP contribution in [0.4, 0.5) is 5.95 Å². The van der Waals surface area contributed by atoms with Crippen LogP contribution in [0.2, 0.25) is 0 Å². The van der Waals surface area contributed by atoms with Crippen molar-refractivity contribution < 1.29 is 9.15 Å². The summed E-state index contributed by atoms with van der Waals surface area (Å²) in [6, 6.07) is 4.12. The largest absolute Gasteiger partial charge is 0.465 e. The Morgan fingerprint density at radius 1 is 1.18 bits per heavy atom. The minimum atomic E-state index is 0.0841. The average molecular weight is 383 g/mol. The molecular formula is C19H25N7O2. The number of furan rings is 1. The fourth-order valence-electron chi connectivity index (χ4n) is 3.38. The molecule has 0 spiro atoms. The van der Waals surface area contributed by atoms with Gasteiger partial charge in [-0.05, 0) is 31.5 Å². The third-order valence-corrected chi connectivity index (χ3v) is 4.92. The molecule has 1 aliphatic heterocycles. The fourth-order valence-corrected chi connectivity index (χ4v) is 3.38. The van der Waals surface area contributed by atoms with Gasteiger partial charge in [-0.2, -0.15) is 5.10 Å². The number of morpholine rings is 1. The molecule has 148 valence electrons. The summed E-state index contributed by atoms with van der Waals surface area (Å²) in [7, 11) is 1.85. The minimum Gasteiger partial charge on any atom is -0.465 e. The second-order valence-corrected chi connectivity index (χ2v) is 6.93. The van der Waals surface area contributed by atoms with E-state index in [1.165, 1.54) is 6.33 Å². The smallest absolute Gasteiger partial charge is 0.223 e. The lowest BCUT2D eigenvalue weighted by Crippen LogP contribution is -2.41. The van der Waals surface area contributed by atoms with E-state index in [9.17, 15) is 0 Å². The van der Waals surface area contributed by atoms with E-state index < -0.39 is 0 Å². The van der Waals surface area contributed by atoms with E-state index in [1.807, 2.05) is 33.0 Å². The summed E-state index contributed by atoms with van der Waals surface area (Å²) in [5.74, 6) is 3.12. The molecule has 9 nitrogen and oxygen atoms in total. The Kier molecular flexibility index (Phi) is 5.36. The molecule has 0 bridgehead atoms. The third kappa shape index (κ3) is 3.90. The van der Waals surface area contributed by atoms with Crippen molar-refractivity contribution in [2.45, 2.75) is 19.9 Å². The van der Waals surface area contributed by atoms with Crippen LogP contribution >= 0.6 is 0 Å². The molecule has 3 aromatic heterocycles. The van der Waals surface area contributed by atoms with Crippen LogP contribution in [0.1, 0.15) is 23.1 Å². The lowest BCUT2D eigenvalue weighted by Gasteiger charge is -2.33. The highest BCUT2D eigenvalue weighted by Crippen LogP contribution is 2.25. The van der Waals surface area contributed by atoms with Gasteiger partial charge in [0, 0.05) is 32.9 Å². The zero-order chi connectivity index (χ0) is 19.5. The predicted molar refractivity (Wildman–Crippen MR) is 104 cm³/mol. The Bertz CT molecular complexity index is 930. The van der Waals surface area contributed by atoms with Crippen LogP contribution in [-0.2, 0) is 11.8 Å². The van der Waals surface area contributed by atoms with Crippen LogP contribution in [0.3, 0.4) is 0 Å². The Morgan fingerprint density at radius 3 is 2.68 bits per heavy atom. The predicted octanol–water partition coefficient (Wildman–Crippen LogP) is 1.97. The second-order valence-electron chi connectivity index (χ2n) is 6.93. The first-order valence-electron chi connectivity index (χ1n) is 9.42. The van der Waals surface area contributed by atoms with Crippen molar-refractivity contribution in [3.05, 3.63) is 41.7 Å². The zero-order valence-corrected chi connectivity index (χ0v) is 16.4. The summed E-state index contributed by atoms with van der Waals surface area (Å²) in [5, 5.41) is 7.51. The lowest BCUT2D eigenvalue weighted by atomic mass is 10.1. The summed E-state index contributed by atoms with van der Waals surface area (Å²) < 4.78 is 13.1. The number of ether oxygens (including phenoxy) is 1. The molecule has 4 rings (SSSR count). The Hall–Kier alpha value is -2.78. The van der Waals surface area contributed by atoms with Crippen LogP contribution in [-0.4, -0.2) is 62.5 Å². The SMILES string of the molecule is Cc1ccc([C@@H](CNc2ncc(C)c(-c3ncnn3C)n2)N2CCOCC2)o1. The molecule has 0 aliphatic carbocycles. The average Bonchev–Trinajstić information content (AvgIpc) is 3.32. The van der Waals surface area contributed by atoms with E-state index in [-0.39, 0.29) is 6.04 Å². The Balaban J connectivity index is 1.54. The fraction of sp³-hybridized carbons (Fsp3) is 0.474. The van der Waals surface area contributed by atoms with Crippen LogP contribution < -0.4 is 5.32 Å². The van der Waals surface area contributed by atoms with Gasteiger partial charge in [0.05, 0.1) is 19.3 Å². The molecule has 4 heterocycles. The van der Waals surface area contributed by atoms with Crippen molar-refractivity contribution in [1.29, 1.82) is 0 Å². The minimum absolute atomic E-state index is 0.0841. The third-order valence-electron chi connectivity index (χ3n) is 4.92. The van der Waals surface area contributed by atoms with E-state index in [1.54, 1.807) is 10.9 Å². The molecule has 1 fully saturated rings. The number of rotatable bonds is 6. The molecule has 0 amide bonds. The first kappa shape index (κ1) is 18.6. The first-order chi connectivity index (χ1) is 13.6. The highest BCUT2D eigenvalue weighted by atomic mass is 16.5. The van der Waals surface area contributed by atoms with Crippen LogP contribution in [0.15, 0.2) is 29.1 Å². The standard InChI is InChI=1S/C19H25N7O2/c1-13-10-20-19(24-17(13)18-22-12-23-25(18)3)21-11-15(16-5-4-14(2)28-16)26-6-8-27-9-7-26/h4-5,10,12,15H,6-9,11H2,1-3H3,(H,20,21,24)/t15-/m1/s1. The number of nitrogens with one attached hydrogen (secondary N) is 1. The Labute approximate surface area is 163 Å². The molecule has 1 atom stereocenters. The molecular weight excluding hydrogens is 358 g/mol. The molecule has 0 aromatic carbocycles. The van der Waals surface area contributed by atoms with E-state index in [0.717, 1.165) is 49.1 Å². The topological polar surface area (TPSA) is 94.1 Å². The number of hydrogen-bond acceptors (Lipinski definition) is 8. The van der Waals surface area contributed by atoms with Gasteiger partial charge < -0.3 is 14.5 Å². The van der Waals surface area contributed by atoms with Gasteiger partial charge in [-0.1, -0.05) is 0 Å². The number of hydrogen-bond donors (Lipinski definition) is 1. The van der Waals surface area contributed by atoms with Gasteiger partial charge in [0.2, 0.25) is 5.95 Å². The van der Waals surface area contributed by atoms with Gasteiger partial charge in [0.15, 0.2) is 5.82 Å². The molecule has 0 unspecified atom stereocenters. The van der Waals surface area contributed by atoms with Crippen molar-refractivity contribution in [3.8, 4) is 11.5 Å². The highest BCUT2D eigenvalue weighted by molar-refractivity contribution is 5.55. The van der Waals surface area contributed by atoms with Crippen molar-refractivity contribution in [2.24, 2.45) is 7.05 Å². The van der Waals surface area contributed by atoms with E-state index >= 15 is 0 Å². The molecule has 1 saturated heterocycles.